The van der Waals surface area contributed by atoms with Crippen LogP contribution in [0.2, 0.25) is 0 Å². The Morgan fingerprint density at radius 1 is 1.14 bits per heavy atom. The maximum Gasteiger partial charge on any atom is 0.315 e. The number of hydrogen-bond donors (Lipinski definition) is 2. The Labute approximate surface area is 210 Å². The van der Waals surface area contributed by atoms with Crippen LogP contribution < -0.4 is 16.2 Å². The molecule has 0 aliphatic carbocycles. The highest BCUT2D eigenvalue weighted by molar-refractivity contribution is 6.06. The molecule has 0 spiro atoms. The van der Waals surface area contributed by atoms with E-state index in [1.54, 1.807) is 12.0 Å². The first kappa shape index (κ1) is 23.9. The zero-order chi connectivity index (χ0) is 25.1. The number of rotatable bonds is 8. The summed E-state index contributed by atoms with van der Waals surface area (Å²) in [4.78, 5) is 23.1. The van der Waals surface area contributed by atoms with Gasteiger partial charge < -0.3 is 30.4 Å². The molecule has 1 aliphatic rings. The molecule has 9 nitrogen and oxygen atoms in total. The average molecular weight is 489 g/mol. The fourth-order valence-electron chi connectivity index (χ4n) is 5.13. The lowest BCUT2D eigenvalue weighted by Gasteiger charge is -2.34. The van der Waals surface area contributed by atoms with Crippen LogP contribution in [0.1, 0.15) is 30.7 Å². The number of primary amides is 1. The molecule has 1 aliphatic heterocycles. The lowest BCUT2D eigenvalue weighted by atomic mass is 10.1. The number of morpholine rings is 1. The lowest BCUT2D eigenvalue weighted by Crippen LogP contribution is -2.50. The van der Waals surface area contributed by atoms with E-state index in [2.05, 4.69) is 21.7 Å². The van der Waals surface area contributed by atoms with Crippen LogP contribution in [-0.2, 0) is 17.7 Å². The zero-order valence-corrected chi connectivity index (χ0v) is 20.5. The van der Waals surface area contributed by atoms with Crippen LogP contribution in [0.25, 0.3) is 21.9 Å². The summed E-state index contributed by atoms with van der Waals surface area (Å²) in [6.45, 7) is 2.38. The molecule has 2 aromatic heterocycles. The number of unbranched alkanes of at least 4 members (excludes halogenated alkanes) is 1. The SMILES string of the molecule is COc1ccccc1Cc1nc2c(N)nc3ccccc3c2n1CCCCC1COCCN1C(N)=O. The predicted octanol–water partition coefficient (Wildman–Crippen LogP) is 3.72. The van der Waals surface area contributed by atoms with Crippen LogP contribution in [0, 0.1) is 0 Å². The Kier molecular flexibility index (Phi) is 6.90. The van der Waals surface area contributed by atoms with E-state index in [0.29, 0.717) is 32.0 Å². The Hall–Kier alpha value is -3.85. The monoisotopic (exact) mass is 488 g/mol. The summed E-state index contributed by atoms with van der Waals surface area (Å²) < 4.78 is 13.5. The van der Waals surface area contributed by atoms with Gasteiger partial charge in [-0.25, -0.2) is 14.8 Å². The first-order valence-electron chi connectivity index (χ1n) is 12.4. The van der Waals surface area contributed by atoms with E-state index >= 15 is 0 Å². The predicted molar refractivity (Wildman–Crippen MR) is 140 cm³/mol. The summed E-state index contributed by atoms with van der Waals surface area (Å²) in [6.07, 6.45) is 3.27. The molecule has 36 heavy (non-hydrogen) atoms. The molecule has 9 heteroatoms. The number of hydrogen-bond acceptors (Lipinski definition) is 6. The molecule has 4 aromatic rings. The van der Waals surface area contributed by atoms with Gasteiger partial charge in [0.15, 0.2) is 5.82 Å². The number of pyridine rings is 1. The summed E-state index contributed by atoms with van der Waals surface area (Å²) in [7, 11) is 1.68. The van der Waals surface area contributed by atoms with E-state index in [-0.39, 0.29) is 12.1 Å². The highest BCUT2D eigenvalue weighted by Gasteiger charge is 2.25. The van der Waals surface area contributed by atoms with Gasteiger partial charge in [-0.3, -0.25) is 0 Å². The zero-order valence-electron chi connectivity index (χ0n) is 20.5. The molecular formula is C27H32N6O3. The molecule has 2 aromatic carbocycles. The largest absolute Gasteiger partial charge is 0.496 e. The molecule has 1 unspecified atom stereocenters. The van der Waals surface area contributed by atoms with Gasteiger partial charge in [-0.05, 0) is 31.4 Å². The van der Waals surface area contributed by atoms with Gasteiger partial charge in [-0.1, -0.05) is 36.4 Å². The number of nitrogens with two attached hydrogens (primary N) is 2. The van der Waals surface area contributed by atoms with E-state index in [1.807, 2.05) is 36.4 Å². The molecule has 0 radical (unpaired) electrons. The number of urea groups is 1. The number of benzene rings is 2. The molecule has 2 amide bonds. The minimum Gasteiger partial charge on any atom is -0.496 e. The van der Waals surface area contributed by atoms with Crippen LogP contribution in [0.3, 0.4) is 0 Å². The second-order valence-electron chi connectivity index (χ2n) is 9.14. The molecule has 4 N–H and O–H groups in total. The van der Waals surface area contributed by atoms with Crippen molar-refractivity contribution in [2.45, 2.75) is 38.3 Å². The van der Waals surface area contributed by atoms with Crippen molar-refractivity contribution in [1.82, 2.24) is 19.4 Å². The molecule has 1 saturated heterocycles. The number of imidazole rings is 1. The maximum atomic E-state index is 11.8. The Morgan fingerprint density at radius 2 is 1.94 bits per heavy atom. The molecule has 0 bridgehead atoms. The molecule has 1 fully saturated rings. The number of methoxy groups -OCH3 is 1. The highest BCUT2D eigenvalue weighted by atomic mass is 16.5. The number of aromatic nitrogens is 3. The second-order valence-corrected chi connectivity index (χ2v) is 9.14. The minimum absolute atomic E-state index is 0.0181. The smallest absolute Gasteiger partial charge is 0.315 e. The van der Waals surface area contributed by atoms with Crippen molar-refractivity contribution in [2.75, 3.05) is 32.6 Å². The number of ether oxygens (including phenoxy) is 2. The van der Waals surface area contributed by atoms with Crippen LogP contribution in [0.15, 0.2) is 48.5 Å². The Balaban J connectivity index is 1.46. The van der Waals surface area contributed by atoms with Gasteiger partial charge in [-0.15, -0.1) is 0 Å². The number of aryl methyl sites for hydroxylation is 1. The van der Waals surface area contributed by atoms with E-state index in [0.717, 1.165) is 64.9 Å². The van der Waals surface area contributed by atoms with Crippen molar-refractivity contribution in [3.63, 3.8) is 0 Å². The molecular weight excluding hydrogens is 456 g/mol. The minimum atomic E-state index is -0.377. The topological polar surface area (TPSA) is 122 Å². The van der Waals surface area contributed by atoms with Gasteiger partial charge in [-0.2, -0.15) is 0 Å². The summed E-state index contributed by atoms with van der Waals surface area (Å²) in [5.41, 5.74) is 15.6. The lowest BCUT2D eigenvalue weighted by molar-refractivity contribution is 0.0108. The fourth-order valence-corrected chi connectivity index (χ4v) is 5.13. The normalized spacial score (nSPS) is 16.0. The van der Waals surface area contributed by atoms with E-state index in [1.165, 1.54) is 0 Å². The van der Waals surface area contributed by atoms with Crippen molar-refractivity contribution in [3.05, 3.63) is 59.9 Å². The van der Waals surface area contributed by atoms with Crippen LogP contribution >= 0.6 is 0 Å². The third kappa shape index (κ3) is 4.66. The summed E-state index contributed by atoms with van der Waals surface area (Å²) >= 11 is 0. The second kappa shape index (κ2) is 10.4. The molecule has 0 saturated carbocycles. The van der Waals surface area contributed by atoms with E-state index in [4.69, 9.17) is 25.9 Å². The third-order valence-corrected chi connectivity index (χ3v) is 6.91. The number of fused-ring (bicyclic) bond motifs is 3. The van der Waals surface area contributed by atoms with Crippen molar-refractivity contribution in [2.24, 2.45) is 5.73 Å². The van der Waals surface area contributed by atoms with Crippen molar-refractivity contribution < 1.29 is 14.3 Å². The van der Waals surface area contributed by atoms with Crippen LogP contribution in [0.4, 0.5) is 10.6 Å². The van der Waals surface area contributed by atoms with Gasteiger partial charge in [0.2, 0.25) is 0 Å². The highest BCUT2D eigenvalue weighted by Crippen LogP contribution is 2.31. The first-order valence-corrected chi connectivity index (χ1v) is 12.4. The molecule has 188 valence electrons. The third-order valence-electron chi connectivity index (χ3n) is 6.91. The van der Waals surface area contributed by atoms with Gasteiger partial charge in [0, 0.05) is 30.5 Å². The summed E-state index contributed by atoms with van der Waals surface area (Å²) in [5.74, 6) is 2.18. The number of nitrogen functional groups attached to an aromatic ring is 1. The van der Waals surface area contributed by atoms with Gasteiger partial charge >= 0.3 is 6.03 Å². The van der Waals surface area contributed by atoms with E-state index in [9.17, 15) is 4.79 Å². The van der Waals surface area contributed by atoms with Gasteiger partial charge in [0.25, 0.3) is 0 Å². The van der Waals surface area contributed by atoms with Crippen molar-refractivity contribution in [1.29, 1.82) is 0 Å². The van der Waals surface area contributed by atoms with Crippen LogP contribution in [0.5, 0.6) is 5.75 Å². The number of carbonyl (C=O) groups is 1. The fraction of sp³-hybridized carbons (Fsp3) is 0.370. The number of nitrogens with zero attached hydrogens (tertiary/aromatic N) is 4. The van der Waals surface area contributed by atoms with Crippen molar-refractivity contribution >= 4 is 33.8 Å². The molecule has 1 atom stereocenters. The van der Waals surface area contributed by atoms with Crippen LogP contribution in [-0.4, -0.2) is 58.4 Å². The Bertz CT molecular complexity index is 1380. The van der Waals surface area contributed by atoms with E-state index < -0.39 is 0 Å². The number of carbonyl (C=O) groups excluding carboxylic acids is 1. The first-order chi connectivity index (χ1) is 17.6. The number of para-hydroxylation sites is 2. The summed E-state index contributed by atoms with van der Waals surface area (Å²) in [6, 6.07) is 15.7. The molecule has 3 heterocycles. The number of anilines is 1. The Morgan fingerprint density at radius 3 is 2.78 bits per heavy atom. The standard InChI is InChI=1S/C27H32N6O3/c1-35-22-12-5-2-8-18(22)16-23-31-24-25(20-10-3-4-11-21(20)30-26(24)28)33(23)13-7-6-9-19-17-36-15-14-32(19)27(29)34/h2-5,8,10-12,19H,6-7,9,13-17H2,1H3,(H2,28,30)(H2,29,34). The molecule has 5 rings (SSSR count). The average Bonchev–Trinajstić information content (AvgIpc) is 3.26. The van der Waals surface area contributed by atoms with Gasteiger partial charge in [0.1, 0.15) is 17.1 Å². The van der Waals surface area contributed by atoms with Crippen molar-refractivity contribution in [3.8, 4) is 5.75 Å². The van der Waals surface area contributed by atoms with Gasteiger partial charge in [0.05, 0.1) is 37.4 Å². The quantitative estimate of drug-likeness (QED) is 0.365. The number of amides is 2. The maximum absolute atomic E-state index is 11.8. The summed E-state index contributed by atoms with van der Waals surface area (Å²) in [5, 5.41) is 1.03.